The Morgan fingerprint density at radius 1 is 1.22 bits per heavy atom. The maximum absolute atomic E-state index is 11.8. The third-order valence-corrected chi connectivity index (χ3v) is 2.78. The summed E-state index contributed by atoms with van der Waals surface area (Å²) >= 11 is 0. The van der Waals surface area contributed by atoms with Crippen LogP contribution >= 0.6 is 0 Å². The van der Waals surface area contributed by atoms with Gasteiger partial charge in [-0.25, -0.2) is 0 Å². The predicted octanol–water partition coefficient (Wildman–Crippen LogP) is 1.93. The molecule has 2 aromatic rings. The molecule has 0 atom stereocenters. The Kier molecular flexibility index (Phi) is 3.16. The van der Waals surface area contributed by atoms with E-state index < -0.39 is 0 Å². The third kappa shape index (κ3) is 1.98. The highest BCUT2D eigenvalue weighted by molar-refractivity contribution is 5.70. The highest BCUT2D eigenvalue weighted by atomic mass is 16.5. The van der Waals surface area contributed by atoms with Crippen molar-refractivity contribution >= 4 is 0 Å². The lowest BCUT2D eigenvalue weighted by Crippen LogP contribution is -2.19. The molecule has 0 saturated heterocycles. The first-order chi connectivity index (χ1) is 8.67. The number of pyridine rings is 1. The molecule has 1 heterocycles. The fourth-order valence-corrected chi connectivity index (χ4v) is 1.75. The average molecular weight is 240 g/mol. The second kappa shape index (κ2) is 4.76. The summed E-state index contributed by atoms with van der Waals surface area (Å²) in [5, 5.41) is 9.10. The number of aromatic nitrogens is 1. The van der Waals surface area contributed by atoms with Crippen LogP contribution in [0.5, 0.6) is 5.75 Å². The van der Waals surface area contributed by atoms with Crippen molar-refractivity contribution in [1.29, 1.82) is 5.26 Å². The highest BCUT2D eigenvalue weighted by Gasteiger charge is 2.09. The lowest BCUT2D eigenvalue weighted by molar-refractivity contribution is 0.415. The van der Waals surface area contributed by atoms with E-state index >= 15 is 0 Å². The van der Waals surface area contributed by atoms with Gasteiger partial charge in [-0.15, -0.1) is 0 Å². The van der Waals surface area contributed by atoms with Crippen LogP contribution in [0.2, 0.25) is 0 Å². The molecule has 0 bridgehead atoms. The van der Waals surface area contributed by atoms with E-state index in [2.05, 4.69) is 0 Å². The molecule has 1 aromatic heterocycles. The maximum atomic E-state index is 11.8. The molecule has 0 aliphatic carbocycles. The molecule has 0 spiro atoms. The van der Waals surface area contributed by atoms with E-state index in [-0.39, 0.29) is 11.1 Å². The van der Waals surface area contributed by atoms with E-state index in [1.807, 2.05) is 18.2 Å². The van der Waals surface area contributed by atoms with E-state index in [4.69, 9.17) is 10.00 Å². The molecule has 18 heavy (non-hydrogen) atoms. The normalized spacial score (nSPS) is 9.83. The van der Waals surface area contributed by atoms with Gasteiger partial charge in [0.15, 0.2) is 0 Å². The van der Waals surface area contributed by atoms with Gasteiger partial charge in [0.1, 0.15) is 17.4 Å². The molecule has 0 radical (unpaired) electrons. The molecule has 0 saturated carbocycles. The minimum Gasteiger partial charge on any atom is -0.497 e. The standard InChI is InChI=1S/C14H12N2O2/c1-16-8-7-12(13(9-15)14(16)17)10-3-5-11(18-2)6-4-10/h3-8H,1-2H3. The van der Waals surface area contributed by atoms with Crippen LogP contribution in [0.3, 0.4) is 0 Å². The second-order valence-corrected chi connectivity index (χ2v) is 3.86. The van der Waals surface area contributed by atoms with Gasteiger partial charge in [-0.2, -0.15) is 5.26 Å². The van der Waals surface area contributed by atoms with Crippen LogP contribution in [0, 0.1) is 11.3 Å². The van der Waals surface area contributed by atoms with E-state index in [0.717, 1.165) is 11.3 Å². The molecule has 0 fully saturated rings. The number of rotatable bonds is 2. The first-order valence-corrected chi connectivity index (χ1v) is 5.41. The van der Waals surface area contributed by atoms with Crippen LogP contribution in [0.25, 0.3) is 11.1 Å². The van der Waals surface area contributed by atoms with Gasteiger partial charge in [0.2, 0.25) is 0 Å². The summed E-state index contributed by atoms with van der Waals surface area (Å²) in [6.45, 7) is 0. The summed E-state index contributed by atoms with van der Waals surface area (Å²) in [4.78, 5) is 11.8. The van der Waals surface area contributed by atoms with Crippen molar-refractivity contribution in [1.82, 2.24) is 4.57 Å². The molecule has 4 nitrogen and oxygen atoms in total. The minimum absolute atomic E-state index is 0.158. The number of benzene rings is 1. The van der Waals surface area contributed by atoms with Crippen LogP contribution in [-0.2, 0) is 7.05 Å². The number of methoxy groups -OCH3 is 1. The van der Waals surface area contributed by atoms with Crippen LogP contribution in [0.15, 0.2) is 41.3 Å². The van der Waals surface area contributed by atoms with Gasteiger partial charge in [0, 0.05) is 18.8 Å². The Morgan fingerprint density at radius 2 is 1.89 bits per heavy atom. The van der Waals surface area contributed by atoms with E-state index in [9.17, 15) is 4.79 Å². The molecule has 0 N–H and O–H groups in total. The van der Waals surface area contributed by atoms with Gasteiger partial charge in [-0.05, 0) is 23.8 Å². The van der Waals surface area contributed by atoms with Gasteiger partial charge in [-0.3, -0.25) is 4.79 Å². The van der Waals surface area contributed by atoms with Gasteiger partial charge < -0.3 is 9.30 Å². The van der Waals surface area contributed by atoms with Gasteiger partial charge >= 0.3 is 0 Å². The van der Waals surface area contributed by atoms with Crippen LogP contribution in [0.1, 0.15) is 5.56 Å². The first kappa shape index (κ1) is 11.9. The molecule has 0 aliphatic rings. The number of hydrogen-bond donors (Lipinski definition) is 0. The highest BCUT2D eigenvalue weighted by Crippen LogP contribution is 2.23. The van der Waals surface area contributed by atoms with Crippen molar-refractivity contribution in [3.63, 3.8) is 0 Å². The second-order valence-electron chi connectivity index (χ2n) is 3.86. The Morgan fingerprint density at radius 3 is 2.44 bits per heavy atom. The minimum atomic E-state index is -0.286. The number of nitrogens with zero attached hydrogens (tertiary/aromatic N) is 2. The Hall–Kier alpha value is -2.54. The van der Waals surface area contributed by atoms with Crippen LogP contribution < -0.4 is 10.3 Å². The van der Waals surface area contributed by atoms with Crippen molar-refractivity contribution in [3.8, 4) is 22.9 Å². The molecule has 90 valence electrons. The summed E-state index contributed by atoms with van der Waals surface area (Å²) in [5.41, 5.74) is 1.34. The van der Waals surface area contributed by atoms with Crippen molar-refractivity contribution in [3.05, 3.63) is 52.4 Å². The van der Waals surface area contributed by atoms with Crippen molar-refractivity contribution in [2.24, 2.45) is 7.05 Å². The summed E-state index contributed by atoms with van der Waals surface area (Å²) in [7, 11) is 3.22. The van der Waals surface area contributed by atoms with Crippen LogP contribution in [-0.4, -0.2) is 11.7 Å². The monoisotopic (exact) mass is 240 g/mol. The Balaban J connectivity index is 2.61. The van der Waals surface area contributed by atoms with Gasteiger partial charge in [-0.1, -0.05) is 12.1 Å². The van der Waals surface area contributed by atoms with E-state index in [1.54, 1.807) is 38.6 Å². The van der Waals surface area contributed by atoms with E-state index in [1.165, 1.54) is 4.57 Å². The maximum Gasteiger partial charge on any atom is 0.268 e. The summed E-state index contributed by atoms with van der Waals surface area (Å²) in [5.74, 6) is 0.737. The van der Waals surface area contributed by atoms with E-state index in [0.29, 0.717) is 5.56 Å². The van der Waals surface area contributed by atoms with Crippen molar-refractivity contribution in [2.75, 3.05) is 7.11 Å². The fraction of sp³-hybridized carbons (Fsp3) is 0.143. The largest absolute Gasteiger partial charge is 0.497 e. The predicted molar refractivity (Wildman–Crippen MR) is 68.4 cm³/mol. The zero-order chi connectivity index (χ0) is 13.1. The molecular weight excluding hydrogens is 228 g/mol. The molecule has 1 aromatic carbocycles. The molecule has 0 aliphatic heterocycles. The zero-order valence-corrected chi connectivity index (χ0v) is 10.2. The van der Waals surface area contributed by atoms with Crippen molar-refractivity contribution < 1.29 is 4.74 Å². The van der Waals surface area contributed by atoms with Gasteiger partial charge in [0.05, 0.1) is 7.11 Å². The lowest BCUT2D eigenvalue weighted by Gasteiger charge is -2.06. The molecule has 0 unspecified atom stereocenters. The van der Waals surface area contributed by atoms with Gasteiger partial charge in [0.25, 0.3) is 5.56 Å². The first-order valence-electron chi connectivity index (χ1n) is 5.41. The fourth-order valence-electron chi connectivity index (χ4n) is 1.75. The lowest BCUT2D eigenvalue weighted by atomic mass is 10.0. The number of aryl methyl sites for hydroxylation is 1. The SMILES string of the molecule is COc1ccc(-c2ccn(C)c(=O)c2C#N)cc1. The smallest absolute Gasteiger partial charge is 0.268 e. The molecule has 0 amide bonds. The summed E-state index contributed by atoms with van der Waals surface area (Å²) in [6, 6.07) is 11.0. The molecular formula is C14H12N2O2. The quantitative estimate of drug-likeness (QED) is 0.806. The molecule has 2 rings (SSSR count). The topological polar surface area (TPSA) is 55.0 Å². The summed E-state index contributed by atoms with van der Waals surface area (Å²) < 4.78 is 6.47. The van der Waals surface area contributed by atoms with Crippen LogP contribution in [0.4, 0.5) is 0 Å². The third-order valence-electron chi connectivity index (χ3n) is 2.78. The average Bonchev–Trinajstić information content (AvgIpc) is 2.42. The number of hydrogen-bond acceptors (Lipinski definition) is 3. The zero-order valence-electron chi connectivity index (χ0n) is 10.2. The number of ether oxygens (including phenoxy) is 1. The Bertz CT molecular complexity index is 664. The van der Waals surface area contributed by atoms with Crippen molar-refractivity contribution in [2.45, 2.75) is 0 Å². The Labute approximate surface area is 105 Å². The number of nitriles is 1. The molecule has 4 heteroatoms. The summed E-state index contributed by atoms with van der Waals surface area (Å²) in [6.07, 6.45) is 1.66.